The molecule has 0 aliphatic carbocycles. The van der Waals surface area contributed by atoms with Crippen LogP contribution in [-0.2, 0) is 9.24 Å². The van der Waals surface area contributed by atoms with Crippen molar-refractivity contribution in [2.24, 2.45) is 0 Å². The lowest BCUT2D eigenvalue weighted by atomic mass is 10.2. The molecule has 0 spiro atoms. The molecular formula is C7H7Cl2NO2S. The van der Waals surface area contributed by atoms with E-state index in [1.54, 1.807) is 25.1 Å². The molecule has 0 aliphatic heterocycles. The first-order valence-electron chi connectivity index (χ1n) is 3.37. The van der Waals surface area contributed by atoms with E-state index in [0.717, 1.165) is 5.56 Å². The quantitative estimate of drug-likeness (QED) is 0.807. The Hall–Kier alpha value is -0.450. The minimum atomic E-state index is -3.73. The van der Waals surface area contributed by atoms with Gasteiger partial charge in [-0.1, -0.05) is 11.6 Å². The summed E-state index contributed by atoms with van der Waals surface area (Å²) in [6.45, 7) is 1.73. The van der Waals surface area contributed by atoms with Gasteiger partial charge < -0.3 is 0 Å². The molecule has 13 heavy (non-hydrogen) atoms. The summed E-state index contributed by atoms with van der Waals surface area (Å²) in [6.07, 6.45) is 0. The first-order chi connectivity index (χ1) is 5.88. The van der Waals surface area contributed by atoms with Crippen LogP contribution in [-0.4, -0.2) is 8.42 Å². The Labute approximate surface area is 86.2 Å². The van der Waals surface area contributed by atoms with Crippen LogP contribution >= 0.6 is 22.3 Å². The van der Waals surface area contributed by atoms with Crippen LogP contribution in [0.4, 0.5) is 5.69 Å². The molecule has 1 N–H and O–H groups in total. The summed E-state index contributed by atoms with van der Waals surface area (Å²) < 4.78 is 23.5. The Kier molecular flexibility index (Phi) is 3.05. The summed E-state index contributed by atoms with van der Waals surface area (Å²) in [4.78, 5) is 0. The maximum atomic E-state index is 10.7. The van der Waals surface area contributed by atoms with E-state index in [-0.39, 0.29) is 0 Å². The van der Waals surface area contributed by atoms with E-state index in [2.05, 4.69) is 4.72 Å². The molecule has 0 aliphatic rings. The second-order valence-electron chi connectivity index (χ2n) is 2.50. The molecule has 3 nitrogen and oxygen atoms in total. The van der Waals surface area contributed by atoms with Gasteiger partial charge in [-0.3, -0.25) is 4.72 Å². The number of nitrogens with one attached hydrogen (secondary N) is 1. The van der Waals surface area contributed by atoms with Crippen molar-refractivity contribution in [2.45, 2.75) is 6.92 Å². The zero-order valence-electron chi connectivity index (χ0n) is 6.71. The zero-order valence-corrected chi connectivity index (χ0v) is 9.04. The maximum Gasteiger partial charge on any atom is 0.319 e. The number of halogens is 2. The van der Waals surface area contributed by atoms with E-state index in [1.165, 1.54) is 0 Å². The minimum Gasteiger partial charge on any atom is -0.271 e. The fraction of sp³-hybridized carbons (Fsp3) is 0.143. The topological polar surface area (TPSA) is 46.2 Å². The van der Waals surface area contributed by atoms with E-state index < -0.39 is 9.24 Å². The standard InChI is InChI=1S/C7H7Cl2NO2S/c1-5-4-6(8)2-3-7(5)10-13(9,11)12/h2-4,10H,1H3. The van der Waals surface area contributed by atoms with E-state index in [0.29, 0.717) is 10.7 Å². The van der Waals surface area contributed by atoms with Crippen molar-refractivity contribution in [2.75, 3.05) is 4.72 Å². The molecule has 0 bridgehead atoms. The van der Waals surface area contributed by atoms with Gasteiger partial charge in [-0.15, -0.1) is 0 Å². The lowest BCUT2D eigenvalue weighted by molar-refractivity contribution is 0.614. The number of benzene rings is 1. The Morgan fingerprint density at radius 2 is 2.00 bits per heavy atom. The third kappa shape index (κ3) is 3.42. The fourth-order valence-electron chi connectivity index (χ4n) is 0.873. The van der Waals surface area contributed by atoms with Gasteiger partial charge in [-0.05, 0) is 30.7 Å². The van der Waals surface area contributed by atoms with Crippen molar-refractivity contribution in [1.29, 1.82) is 0 Å². The maximum absolute atomic E-state index is 10.7. The molecule has 0 radical (unpaired) electrons. The van der Waals surface area contributed by atoms with Crippen molar-refractivity contribution in [1.82, 2.24) is 0 Å². The van der Waals surface area contributed by atoms with E-state index in [9.17, 15) is 8.42 Å². The predicted molar refractivity (Wildman–Crippen MR) is 54.6 cm³/mol. The van der Waals surface area contributed by atoms with Gasteiger partial charge in [0.15, 0.2) is 0 Å². The van der Waals surface area contributed by atoms with Crippen molar-refractivity contribution >= 4 is 37.2 Å². The van der Waals surface area contributed by atoms with Crippen LogP contribution < -0.4 is 4.72 Å². The Morgan fingerprint density at radius 1 is 1.38 bits per heavy atom. The lowest BCUT2D eigenvalue weighted by Crippen LogP contribution is -2.05. The monoisotopic (exact) mass is 239 g/mol. The summed E-state index contributed by atoms with van der Waals surface area (Å²) in [5.41, 5.74) is 1.15. The molecule has 72 valence electrons. The molecule has 1 rings (SSSR count). The summed E-state index contributed by atoms with van der Waals surface area (Å²) in [7, 11) is 1.27. The van der Waals surface area contributed by atoms with Crippen LogP contribution in [0, 0.1) is 6.92 Å². The average molecular weight is 240 g/mol. The lowest BCUT2D eigenvalue weighted by Gasteiger charge is -2.05. The number of hydrogen-bond acceptors (Lipinski definition) is 2. The highest BCUT2D eigenvalue weighted by molar-refractivity contribution is 8.14. The Morgan fingerprint density at radius 3 is 2.46 bits per heavy atom. The molecule has 0 saturated carbocycles. The molecule has 6 heteroatoms. The van der Waals surface area contributed by atoms with E-state index in [4.69, 9.17) is 22.3 Å². The second-order valence-corrected chi connectivity index (χ2v) is 5.23. The normalized spacial score (nSPS) is 11.3. The second kappa shape index (κ2) is 3.74. The van der Waals surface area contributed by atoms with Gasteiger partial charge >= 0.3 is 9.24 Å². The molecule has 0 aromatic heterocycles. The number of anilines is 1. The van der Waals surface area contributed by atoms with Gasteiger partial charge in [0.05, 0.1) is 5.69 Å². The third-order valence-corrected chi connectivity index (χ3v) is 2.35. The van der Waals surface area contributed by atoms with Crippen molar-refractivity contribution < 1.29 is 8.42 Å². The van der Waals surface area contributed by atoms with E-state index >= 15 is 0 Å². The molecule has 1 aromatic rings. The van der Waals surface area contributed by atoms with Crippen LogP contribution in [0.5, 0.6) is 0 Å². The summed E-state index contributed by atoms with van der Waals surface area (Å²) in [5, 5.41) is 0.551. The first-order valence-corrected chi connectivity index (χ1v) is 6.06. The smallest absolute Gasteiger partial charge is 0.271 e. The highest BCUT2D eigenvalue weighted by atomic mass is 35.7. The third-order valence-electron chi connectivity index (χ3n) is 1.42. The first kappa shape index (κ1) is 10.6. The van der Waals surface area contributed by atoms with Crippen molar-refractivity contribution in [3.8, 4) is 0 Å². The summed E-state index contributed by atoms with van der Waals surface area (Å²) in [5.74, 6) is 0. The van der Waals surface area contributed by atoms with Crippen LogP contribution in [0.25, 0.3) is 0 Å². The summed E-state index contributed by atoms with van der Waals surface area (Å²) in [6, 6.07) is 4.78. The molecule has 0 heterocycles. The van der Waals surface area contributed by atoms with E-state index in [1.807, 2.05) is 0 Å². The van der Waals surface area contributed by atoms with Gasteiger partial charge in [-0.25, -0.2) is 0 Å². The van der Waals surface area contributed by atoms with Crippen LogP contribution in [0.15, 0.2) is 18.2 Å². The molecule has 1 aromatic carbocycles. The minimum absolute atomic E-state index is 0.430. The zero-order chi connectivity index (χ0) is 10.1. The summed E-state index contributed by atoms with van der Waals surface area (Å²) >= 11 is 5.68. The van der Waals surface area contributed by atoms with Crippen LogP contribution in [0.2, 0.25) is 5.02 Å². The highest BCUT2D eigenvalue weighted by Gasteiger charge is 2.06. The van der Waals surface area contributed by atoms with Crippen LogP contribution in [0.1, 0.15) is 5.56 Å². The van der Waals surface area contributed by atoms with Gasteiger partial charge in [-0.2, -0.15) is 8.42 Å². The van der Waals surface area contributed by atoms with Gasteiger partial charge in [0.25, 0.3) is 0 Å². The number of aryl methyl sites for hydroxylation is 1. The number of hydrogen-bond donors (Lipinski definition) is 1. The van der Waals surface area contributed by atoms with Crippen molar-refractivity contribution in [3.63, 3.8) is 0 Å². The molecule has 0 unspecified atom stereocenters. The Balaban J connectivity index is 3.04. The van der Waals surface area contributed by atoms with Gasteiger partial charge in [0, 0.05) is 15.7 Å². The van der Waals surface area contributed by atoms with Gasteiger partial charge in [0.2, 0.25) is 0 Å². The molecular weight excluding hydrogens is 233 g/mol. The molecule has 0 saturated heterocycles. The largest absolute Gasteiger partial charge is 0.319 e. The number of rotatable bonds is 2. The molecule has 0 fully saturated rings. The molecule has 0 amide bonds. The SMILES string of the molecule is Cc1cc(Cl)ccc1NS(=O)(=O)Cl. The van der Waals surface area contributed by atoms with Gasteiger partial charge in [0.1, 0.15) is 0 Å². The van der Waals surface area contributed by atoms with Crippen molar-refractivity contribution in [3.05, 3.63) is 28.8 Å². The predicted octanol–water partition coefficient (Wildman–Crippen LogP) is 2.54. The van der Waals surface area contributed by atoms with Crippen LogP contribution in [0.3, 0.4) is 0 Å². The molecule has 0 atom stereocenters. The fourth-order valence-corrected chi connectivity index (χ4v) is 1.84. The Bertz CT molecular complexity index is 417. The highest BCUT2D eigenvalue weighted by Crippen LogP contribution is 2.21. The average Bonchev–Trinajstić information content (AvgIpc) is 1.93.